The van der Waals surface area contributed by atoms with Crippen LogP contribution in [0.5, 0.6) is 0 Å². The molecule has 0 unspecified atom stereocenters. The van der Waals surface area contributed by atoms with Crippen LogP contribution < -0.4 is 5.73 Å². The topological polar surface area (TPSA) is 43.8 Å². The number of hydrogen-bond acceptors (Lipinski definition) is 2. The van der Waals surface area contributed by atoms with Crippen LogP contribution in [0.3, 0.4) is 0 Å². The summed E-state index contributed by atoms with van der Waals surface area (Å²) in [5.41, 5.74) is 7.45. The first-order valence-corrected chi connectivity index (χ1v) is 4.08. The fourth-order valence-electron chi connectivity index (χ4n) is 1.33. The molecule has 1 aliphatic carbocycles. The highest BCUT2D eigenvalue weighted by molar-refractivity contribution is 5.85. The van der Waals surface area contributed by atoms with E-state index in [-0.39, 0.29) is 24.8 Å². The predicted molar refractivity (Wildman–Crippen MR) is 58.8 cm³/mol. The van der Waals surface area contributed by atoms with Gasteiger partial charge in [-0.3, -0.25) is 4.68 Å². The Morgan fingerprint density at radius 1 is 1.46 bits per heavy atom. The molecule has 0 atom stereocenters. The van der Waals surface area contributed by atoms with Crippen molar-refractivity contribution in [2.24, 2.45) is 0 Å². The van der Waals surface area contributed by atoms with Crippen molar-refractivity contribution in [3.05, 3.63) is 11.9 Å². The van der Waals surface area contributed by atoms with E-state index in [2.05, 4.69) is 5.10 Å². The zero-order valence-corrected chi connectivity index (χ0v) is 9.20. The average Bonchev–Trinajstić information content (AvgIpc) is 2.08. The molecule has 1 heterocycles. The molecule has 2 rings (SSSR count). The number of aryl methyl sites for hydroxylation is 1. The molecular formula is C8H15Cl2N3. The summed E-state index contributed by atoms with van der Waals surface area (Å²) in [7, 11) is 0. The fraction of sp³-hybridized carbons (Fsp3) is 0.625. The smallest absolute Gasteiger partial charge is 0.0823 e. The maximum Gasteiger partial charge on any atom is 0.0823 e. The van der Waals surface area contributed by atoms with Crippen LogP contribution >= 0.6 is 24.8 Å². The van der Waals surface area contributed by atoms with Crippen molar-refractivity contribution in [3.8, 4) is 0 Å². The number of nitrogens with zero attached hydrogens (tertiary/aromatic N) is 2. The molecule has 2 N–H and O–H groups in total. The van der Waals surface area contributed by atoms with Gasteiger partial charge in [0.05, 0.1) is 17.4 Å². The van der Waals surface area contributed by atoms with Crippen molar-refractivity contribution in [1.29, 1.82) is 0 Å². The number of aromatic nitrogens is 2. The zero-order chi connectivity index (χ0) is 7.84. The van der Waals surface area contributed by atoms with Crippen LogP contribution in [-0.2, 0) is 0 Å². The first kappa shape index (κ1) is 12.6. The quantitative estimate of drug-likeness (QED) is 0.795. The van der Waals surface area contributed by atoms with E-state index in [4.69, 9.17) is 5.73 Å². The molecule has 5 heteroatoms. The third-order valence-corrected chi connectivity index (χ3v) is 2.40. The zero-order valence-electron chi connectivity index (χ0n) is 7.56. The summed E-state index contributed by atoms with van der Waals surface area (Å²) in [6.45, 7) is 1.95. The first-order valence-electron chi connectivity index (χ1n) is 4.08. The van der Waals surface area contributed by atoms with Gasteiger partial charge in [-0.25, -0.2) is 0 Å². The lowest BCUT2D eigenvalue weighted by Gasteiger charge is -2.25. The van der Waals surface area contributed by atoms with Gasteiger partial charge in [-0.05, 0) is 26.2 Å². The Morgan fingerprint density at radius 2 is 2.08 bits per heavy atom. The van der Waals surface area contributed by atoms with Crippen LogP contribution in [0.15, 0.2) is 6.20 Å². The van der Waals surface area contributed by atoms with Crippen LogP contribution in [0, 0.1) is 6.92 Å². The number of rotatable bonds is 1. The number of hydrogen-bond donors (Lipinski definition) is 1. The van der Waals surface area contributed by atoms with E-state index in [0.717, 1.165) is 11.4 Å². The third-order valence-electron chi connectivity index (χ3n) is 2.40. The van der Waals surface area contributed by atoms with Crippen molar-refractivity contribution >= 4 is 30.5 Å². The molecular weight excluding hydrogens is 209 g/mol. The van der Waals surface area contributed by atoms with Gasteiger partial charge >= 0.3 is 0 Å². The molecule has 0 bridgehead atoms. The fourth-order valence-corrected chi connectivity index (χ4v) is 1.33. The van der Waals surface area contributed by atoms with Gasteiger partial charge in [0.2, 0.25) is 0 Å². The van der Waals surface area contributed by atoms with Gasteiger partial charge in [-0.1, -0.05) is 0 Å². The number of nitrogens with two attached hydrogens (primary N) is 1. The summed E-state index contributed by atoms with van der Waals surface area (Å²) in [4.78, 5) is 0. The molecule has 0 aromatic carbocycles. The largest absolute Gasteiger partial charge is 0.396 e. The Bertz CT molecular complexity index is 249. The highest BCUT2D eigenvalue weighted by Gasteiger charge is 2.20. The monoisotopic (exact) mass is 223 g/mol. The van der Waals surface area contributed by atoms with E-state index in [1.165, 1.54) is 19.3 Å². The Labute approximate surface area is 90.5 Å². The lowest BCUT2D eigenvalue weighted by molar-refractivity contribution is 0.288. The van der Waals surface area contributed by atoms with Crippen molar-refractivity contribution in [2.45, 2.75) is 32.2 Å². The van der Waals surface area contributed by atoms with Crippen LogP contribution in [0.1, 0.15) is 31.0 Å². The van der Waals surface area contributed by atoms with E-state index in [9.17, 15) is 0 Å². The van der Waals surface area contributed by atoms with E-state index < -0.39 is 0 Å². The van der Waals surface area contributed by atoms with Gasteiger partial charge in [0.25, 0.3) is 0 Å². The van der Waals surface area contributed by atoms with Gasteiger partial charge in [-0.2, -0.15) is 5.10 Å². The van der Waals surface area contributed by atoms with Crippen LogP contribution in [0.2, 0.25) is 0 Å². The Balaban J connectivity index is 0.000000720. The molecule has 0 amide bonds. The SMILES string of the molecule is Cc1nn(C2CCC2)cc1N.Cl.Cl. The molecule has 1 fully saturated rings. The van der Waals surface area contributed by atoms with Gasteiger partial charge in [0.1, 0.15) is 0 Å². The molecule has 0 spiro atoms. The molecule has 0 saturated heterocycles. The van der Waals surface area contributed by atoms with Gasteiger partial charge in [0, 0.05) is 6.20 Å². The number of halogens is 2. The maximum absolute atomic E-state index is 5.67. The normalized spacial score (nSPS) is 15.5. The van der Waals surface area contributed by atoms with Crippen LogP contribution in [-0.4, -0.2) is 9.78 Å². The first-order chi connectivity index (χ1) is 5.27. The van der Waals surface area contributed by atoms with Crippen molar-refractivity contribution < 1.29 is 0 Å². The lowest BCUT2D eigenvalue weighted by Crippen LogP contribution is -2.17. The summed E-state index contributed by atoms with van der Waals surface area (Å²) >= 11 is 0. The Hall–Kier alpha value is -0.410. The van der Waals surface area contributed by atoms with E-state index in [1.54, 1.807) is 0 Å². The van der Waals surface area contributed by atoms with Gasteiger partial charge in [-0.15, -0.1) is 24.8 Å². The molecule has 13 heavy (non-hydrogen) atoms. The molecule has 3 nitrogen and oxygen atoms in total. The second-order valence-corrected chi connectivity index (χ2v) is 3.23. The molecule has 1 aromatic rings. The summed E-state index contributed by atoms with van der Waals surface area (Å²) < 4.78 is 2.01. The summed E-state index contributed by atoms with van der Waals surface area (Å²) in [5.74, 6) is 0. The van der Waals surface area contributed by atoms with E-state index >= 15 is 0 Å². The van der Waals surface area contributed by atoms with Gasteiger partial charge < -0.3 is 5.73 Å². The minimum absolute atomic E-state index is 0. The predicted octanol–water partition coefficient (Wildman–Crippen LogP) is 2.34. The van der Waals surface area contributed by atoms with Crippen LogP contribution in [0.25, 0.3) is 0 Å². The van der Waals surface area contributed by atoms with E-state index in [0.29, 0.717) is 6.04 Å². The average molecular weight is 224 g/mol. The Kier molecular flexibility index (Phi) is 4.57. The van der Waals surface area contributed by atoms with Crippen molar-refractivity contribution in [1.82, 2.24) is 9.78 Å². The summed E-state index contributed by atoms with van der Waals surface area (Å²) in [6.07, 6.45) is 5.81. The minimum Gasteiger partial charge on any atom is -0.396 e. The second-order valence-electron chi connectivity index (χ2n) is 3.23. The highest BCUT2D eigenvalue weighted by atomic mass is 35.5. The molecule has 1 saturated carbocycles. The minimum atomic E-state index is 0. The van der Waals surface area contributed by atoms with E-state index in [1.807, 2.05) is 17.8 Å². The molecule has 1 aliphatic rings. The van der Waals surface area contributed by atoms with Gasteiger partial charge in [0.15, 0.2) is 0 Å². The highest BCUT2D eigenvalue weighted by Crippen LogP contribution is 2.31. The number of anilines is 1. The number of nitrogen functional groups attached to an aromatic ring is 1. The summed E-state index contributed by atoms with van der Waals surface area (Å²) in [5, 5.41) is 4.32. The Morgan fingerprint density at radius 3 is 2.38 bits per heavy atom. The molecule has 0 radical (unpaired) electrons. The second kappa shape index (κ2) is 4.72. The van der Waals surface area contributed by atoms with Crippen LogP contribution in [0.4, 0.5) is 5.69 Å². The molecule has 1 aromatic heterocycles. The molecule has 76 valence electrons. The van der Waals surface area contributed by atoms with Crippen molar-refractivity contribution in [3.63, 3.8) is 0 Å². The summed E-state index contributed by atoms with van der Waals surface area (Å²) in [6, 6.07) is 0.631. The lowest BCUT2D eigenvalue weighted by atomic mass is 9.93. The maximum atomic E-state index is 5.67. The molecule has 0 aliphatic heterocycles. The standard InChI is InChI=1S/C8H13N3.2ClH/c1-6-8(9)5-11(10-6)7-3-2-4-7;;/h5,7H,2-4,9H2,1H3;2*1H. The van der Waals surface area contributed by atoms with Crippen molar-refractivity contribution in [2.75, 3.05) is 5.73 Å². The third kappa shape index (κ3) is 2.29.